The van der Waals surface area contributed by atoms with Gasteiger partial charge in [0, 0.05) is 75.3 Å². The van der Waals surface area contributed by atoms with Gasteiger partial charge < -0.3 is 52.4 Å². The molecule has 0 saturated carbocycles. The maximum absolute atomic E-state index is 12.7. The summed E-state index contributed by atoms with van der Waals surface area (Å²) in [7, 11) is 4.83. The Morgan fingerprint density at radius 1 is 0.542 bits per heavy atom. The molecule has 0 amide bonds. The first-order valence-corrected chi connectivity index (χ1v) is 18.5. The Balaban J connectivity index is 0.00000260. The van der Waals surface area contributed by atoms with Gasteiger partial charge in [-0.15, -0.1) is 0 Å². The summed E-state index contributed by atoms with van der Waals surface area (Å²) >= 11 is 0. The van der Waals surface area contributed by atoms with E-state index in [1.54, 1.807) is 0 Å². The predicted octanol–water partition coefficient (Wildman–Crippen LogP) is 1.88. The van der Waals surface area contributed by atoms with Crippen LogP contribution in [-0.4, -0.2) is 71.4 Å². The monoisotopic (exact) mass is 788 g/mol. The molecule has 4 aliphatic rings. The third kappa shape index (κ3) is 9.52. The number of rotatable bonds is 15. The SMILES string of the molecule is C[N+]1(Cc2ccccc2)C2CCC1CC(OC(=O)CCCCCCCCC(=O)OC1CC3CCC(C1)[N+]3(C)Cc1ccccc1)C2.[Br-].[Br-]. The summed E-state index contributed by atoms with van der Waals surface area (Å²) in [6.07, 6.45) is 16.3. The number of nitrogens with zero attached hydrogens (tertiary/aromatic N) is 2. The lowest BCUT2D eigenvalue weighted by Gasteiger charge is -2.46. The van der Waals surface area contributed by atoms with Gasteiger partial charge in [0.25, 0.3) is 0 Å². The summed E-state index contributed by atoms with van der Waals surface area (Å²) in [5.74, 6) is -0.0247. The van der Waals surface area contributed by atoms with Gasteiger partial charge in [0.2, 0.25) is 0 Å². The molecule has 48 heavy (non-hydrogen) atoms. The van der Waals surface area contributed by atoms with Gasteiger partial charge in [-0.05, 0) is 12.8 Å². The third-order valence-corrected chi connectivity index (χ3v) is 12.5. The van der Waals surface area contributed by atoms with Gasteiger partial charge in [-0.2, -0.15) is 0 Å². The van der Waals surface area contributed by atoms with Crippen molar-refractivity contribution in [2.24, 2.45) is 0 Å². The molecule has 266 valence electrons. The van der Waals surface area contributed by atoms with Gasteiger partial charge >= 0.3 is 11.9 Å². The number of hydrogen-bond donors (Lipinski definition) is 0. The van der Waals surface area contributed by atoms with Crippen LogP contribution in [0.3, 0.4) is 0 Å². The molecule has 0 aliphatic carbocycles. The Labute approximate surface area is 310 Å². The molecule has 4 unspecified atom stereocenters. The first-order chi connectivity index (χ1) is 22.3. The first-order valence-electron chi connectivity index (χ1n) is 18.5. The highest BCUT2D eigenvalue weighted by molar-refractivity contribution is 5.69. The number of ether oxygens (including phenoxy) is 2. The van der Waals surface area contributed by atoms with Crippen LogP contribution >= 0.6 is 0 Å². The largest absolute Gasteiger partial charge is 1.00 e. The van der Waals surface area contributed by atoms with Crippen molar-refractivity contribution in [2.75, 3.05) is 14.1 Å². The third-order valence-electron chi connectivity index (χ3n) is 12.5. The fourth-order valence-electron chi connectivity index (χ4n) is 9.78. The zero-order chi connectivity index (χ0) is 32.0. The topological polar surface area (TPSA) is 52.6 Å². The molecule has 0 radical (unpaired) electrons. The average molecular weight is 791 g/mol. The number of halogens is 2. The number of benzene rings is 2. The van der Waals surface area contributed by atoms with E-state index in [4.69, 9.17) is 9.47 Å². The van der Waals surface area contributed by atoms with Gasteiger partial charge in [-0.3, -0.25) is 9.59 Å². The molecule has 6 rings (SSSR count). The van der Waals surface area contributed by atoms with E-state index in [1.165, 1.54) is 36.8 Å². The van der Waals surface area contributed by atoms with Crippen LogP contribution in [0.1, 0.15) is 114 Å². The molecule has 2 aromatic rings. The van der Waals surface area contributed by atoms with Crippen molar-refractivity contribution in [3.63, 3.8) is 0 Å². The molecular formula is C40H58Br2N2O4. The lowest BCUT2D eigenvalue weighted by Crippen LogP contribution is -3.00. The maximum atomic E-state index is 12.7. The van der Waals surface area contributed by atoms with Crippen molar-refractivity contribution in [1.82, 2.24) is 0 Å². The minimum atomic E-state index is -0.0124. The number of piperidine rings is 2. The molecular weight excluding hydrogens is 732 g/mol. The Hall–Kier alpha value is -1.74. The summed E-state index contributed by atoms with van der Waals surface area (Å²) in [5.41, 5.74) is 2.82. The van der Waals surface area contributed by atoms with Crippen LogP contribution in [0.5, 0.6) is 0 Å². The van der Waals surface area contributed by atoms with Crippen LogP contribution < -0.4 is 34.0 Å². The minimum absolute atomic E-state index is 0. The minimum Gasteiger partial charge on any atom is -1.00 e. The number of quaternary nitrogens is 2. The predicted molar refractivity (Wildman–Crippen MR) is 181 cm³/mol. The molecule has 0 spiro atoms. The van der Waals surface area contributed by atoms with E-state index < -0.39 is 0 Å². The number of hydrogen-bond acceptors (Lipinski definition) is 4. The Kier molecular flexibility index (Phi) is 14.6. The summed E-state index contributed by atoms with van der Waals surface area (Å²) in [4.78, 5) is 25.3. The number of esters is 2. The summed E-state index contributed by atoms with van der Waals surface area (Å²) in [6.45, 7) is 2.15. The lowest BCUT2D eigenvalue weighted by molar-refractivity contribution is -0.961. The zero-order valence-electron chi connectivity index (χ0n) is 29.2. The van der Waals surface area contributed by atoms with Crippen molar-refractivity contribution < 1.29 is 62.0 Å². The molecule has 4 aliphatic heterocycles. The van der Waals surface area contributed by atoms with Crippen molar-refractivity contribution in [1.29, 1.82) is 0 Å². The van der Waals surface area contributed by atoms with Crippen LogP contribution in [0, 0.1) is 0 Å². The van der Waals surface area contributed by atoms with E-state index in [0.717, 1.165) is 86.3 Å². The Morgan fingerprint density at radius 3 is 1.19 bits per heavy atom. The van der Waals surface area contributed by atoms with E-state index >= 15 is 0 Å². The van der Waals surface area contributed by atoms with Crippen LogP contribution in [0.2, 0.25) is 0 Å². The molecule has 4 fully saturated rings. The molecule has 4 bridgehead atoms. The fraction of sp³-hybridized carbons (Fsp3) is 0.650. The molecule has 2 aromatic carbocycles. The summed E-state index contributed by atoms with van der Waals surface area (Å²) in [5, 5.41) is 0. The molecule has 4 atom stereocenters. The van der Waals surface area contributed by atoms with Crippen LogP contribution in [0.25, 0.3) is 0 Å². The second-order valence-corrected chi connectivity index (χ2v) is 15.5. The van der Waals surface area contributed by atoms with Gasteiger partial charge in [-0.25, -0.2) is 0 Å². The van der Waals surface area contributed by atoms with E-state index in [0.29, 0.717) is 37.0 Å². The summed E-state index contributed by atoms with van der Waals surface area (Å²) in [6, 6.07) is 24.0. The number of fused-ring (bicyclic) bond motifs is 4. The van der Waals surface area contributed by atoms with E-state index in [2.05, 4.69) is 74.8 Å². The fourth-order valence-corrected chi connectivity index (χ4v) is 9.78. The van der Waals surface area contributed by atoms with Crippen LogP contribution in [0.4, 0.5) is 0 Å². The zero-order valence-corrected chi connectivity index (χ0v) is 32.4. The quantitative estimate of drug-likeness (QED) is 0.157. The second kappa shape index (κ2) is 18.0. The van der Waals surface area contributed by atoms with Crippen molar-refractivity contribution in [2.45, 2.75) is 152 Å². The first kappa shape index (κ1) is 39.1. The Bertz CT molecular complexity index is 1170. The highest BCUT2D eigenvalue weighted by atomic mass is 79.9. The average Bonchev–Trinajstić information content (AvgIpc) is 3.28. The Morgan fingerprint density at radius 2 is 0.854 bits per heavy atom. The molecule has 6 nitrogen and oxygen atoms in total. The van der Waals surface area contributed by atoms with E-state index in [-0.39, 0.29) is 58.1 Å². The number of carbonyl (C=O) groups excluding carboxylic acids is 2. The van der Waals surface area contributed by atoms with Gasteiger partial charge in [0.05, 0.1) is 38.3 Å². The van der Waals surface area contributed by atoms with Gasteiger partial charge in [-0.1, -0.05) is 86.3 Å². The van der Waals surface area contributed by atoms with Gasteiger partial charge in [0.1, 0.15) is 25.3 Å². The number of unbranched alkanes of at least 4 members (excludes halogenated alkanes) is 5. The lowest BCUT2D eigenvalue weighted by atomic mass is 9.95. The van der Waals surface area contributed by atoms with E-state index in [9.17, 15) is 9.59 Å². The standard InChI is InChI=1S/C40H58N2O4.2BrH/c1-41(29-31-15-9-7-10-16-31)33-21-22-34(41)26-37(25-33)45-39(43)19-13-5-3-4-6-14-20-40(44)46-38-27-35-23-24-36(28-38)42(35,2)30-32-17-11-8-12-18-32;;/h7-12,15-18,33-38H,3-6,13-14,19-30H2,1-2H3;2*1H/q+2;;/p-2. The van der Waals surface area contributed by atoms with Crippen molar-refractivity contribution in [3.05, 3.63) is 71.8 Å². The van der Waals surface area contributed by atoms with Crippen molar-refractivity contribution >= 4 is 11.9 Å². The molecule has 4 saturated heterocycles. The molecule has 8 heteroatoms. The smallest absolute Gasteiger partial charge is 0.306 e. The molecule has 0 aromatic heterocycles. The maximum Gasteiger partial charge on any atom is 0.306 e. The number of carbonyl (C=O) groups is 2. The highest BCUT2D eigenvalue weighted by Gasteiger charge is 2.53. The van der Waals surface area contributed by atoms with Crippen molar-refractivity contribution in [3.8, 4) is 0 Å². The second-order valence-electron chi connectivity index (χ2n) is 15.5. The summed E-state index contributed by atoms with van der Waals surface area (Å²) < 4.78 is 14.2. The van der Waals surface area contributed by atoms with Crippen LogP contribution in [0.15, 0.2) is 60.7 Å². The highest BCUT2D eigenvalue weighted by Crippen LogP contribution is 2.44. The normalized spacial score (nSPS) is 31.7. The van der Waals surface area contributed by atoms with Gasteiger partial charge in [0.15, 0.2) is 0 Å². The van der Waals surface area contributed by atoms with Crippen LogP contribution in [-0.2, 0) is 32.2 Å². The molecule has 4 heterocycles. The van der Waals surface area contributed by atoms with E-state index in [1.807, 2.05) is 0 Å². The molecule has 0 N–H and O–H groups in total.